The van der Waals surface area contributed by atoms with E-state index in [0.717, 1.165) is 15.4 Å². The molecular weight excluding hydrogens is 462 g/mol. The number of benzene rings is 3. The summed E-state index contributed by atoms with van der Waals surface area (Å²) in [4.78, 5) is 27.8. The number of likely N-dealkylation sites (N-methyl/N-ethyl adjacent to an activating group) is 1. The second kappa shape index (κ2) is 11.7. The highest BCUT2D eigenvalue weighted by atomic mass is 32.2. The van der Waals surface area contributed by atoms with E-state index in [9.17, 15) is 18.0 Å². The predicted molar refractivity (Wildman–Crippen MR) is 137 cm³/mol. The Hall–Kier alpha value is -3.65. The fourth-order valence-corrected chi connectivity index (χ4v) is 5.08. The van der Waals surface area contributed by atoms with Crippen LogP contribution in [0.2, 0.25) is 0 Å². The van der Waals surface area contributed by atoms with E-state index < -0.39 is 28.5 Å². The molecule has 1 atom stereocenters. The lowest BCUT2D eigenvalue weighted by Gasteiger charge is -2.32. The van der Waals surface area contributed by atoms with Crippen molar-refractivity contribution >= 4 is 27.5 Å². The topological polar surface area (TPSA) is 86.8 Å². The van der Waals surface area contributed by atoms with E-state index in [1.807, 2.05) is 37.3 Å². The summed E-state index contributed by atoms with van der Waals surface area (Å²) in [5, 5.41) is 2.75. The van der Waals surface area contributed by atoms with Crippen molar-refractivity contribution in [1.29, 1.82) is 0 Å². The molecule has 0 fully saturated rings. The number of nitrogens with one attached hydrogen (secondary N) is 1. The van der Waals surface area contributed by atoms with Gasteiger partial charge in [0.05, 0.1) is 10.6 Å². The lowest BCUT2D eigenvalue weighted by Crippen LogP contribution is -2.51. The fraction of sp³-hybridized carbons (Fsp3) is 0.259. The molecule has 1 unspecified atom stereocenters. The summed E-state index contributed by atoms with van der Waals surface area (Å²) in [7, 11) is -4.04. The maximum atomic E-state index is 13.7. The largest absolute Gasteiger partial charge is 0.355 e. The highest BCUT2D eigenvalue weighted by Crippen LogP contribution is 2.25. The van der Waals surface area contributed by atoms with Gasteiger partial charge in [-0.15, -0.1) is 0 Å². The van der Waals surface area contributed by atoms with Crippen LogP contribution in [-0.4, -0.2) is 44.3 Å². The fourth-order valence-electron chi connectivity index (χ4n) is 3.64. The van der Waals surface area contributed by atoms with Crippen LogP contribution in [0.5, 0.6) is 0 Å². The second-order valence-corrected chi connectivity index (χ2v) is 10.1. The van der Waals surface area contributed by atoms with Crippen LogP contribution in [-0.2, 0) is 26.2 Å². The molecular formula is C27H31N3O4S. The number of rotatable bonds is 10. The molecule has 2 amide bonds. The standard InChI is InChI=1S/C27H31N3O4S/c1-4-28-27(32)22(3)29(19-23-11-7-5-8-12-23)26(31)20-30(24-17-15-21(2)16-18-24)35(33,34)25-13-9-6-10-14-25/h5-18,22H,4,19-20H2,1-3H3,(H,28,32). The van der Waals surface area contributed by atoms with Crippen molar-refractivity contribution in [3.8, 4) is 0 Å². The van der Waals surface area contributed by atoms with Crippen molar-refractivity contribution in [3.63, 3.8) is 0 Å². The molecule has 0 aromatic heterocycles. The molecule has 0 radical (unpaired) electrons. The first kappa shape index (κ1) is 26.0. The number of carbonyl (C=O) groups is 2. The summed E-state index contributed by atoms with van der Waals surface area (Å²) in [6, 6.07) is 23.5. The first-order valence-corrected chi connectivity index (χ1v) is 12.9. The van der Waals surface area contributed by atoms with Gasteiger partial charge in [0.25, 0.3) is 10.0 Å². The molecule has 8 heteroatoms. The van der Waals surface area contributed by atoms with E-state index in [-0.39, 0.29) is 17.3 Å². The molecule has 0 bridgehead atoms. The van der Waals surface area contributed by atoms with Crippen molar-refractivity contribution in [2.24, 2.45) is 0 Å². The van der Waals surface area contributed by atoms with Crippen LogP contribution in [0.25, 0.3) is 0 Å². The molecule has 0 heterocycles. The normalized spacial score (nSPS) is 12.0. The smallest absolute Gasteiger partial charge is 0.264 e. The van der Waals surface area contributed by atoms with Crippen LogP contribution < -0.4 is 9.62 Å². The average Bonchev–Trinajstić information content (AvgIpc) is 2.87. The average molecular weight is 494 g/mol. The Morgan fingerprint density at radius 1 is 0.886 bits per heavy atom. The third kappa shape index (κ3) is 6.48. The maximum Gasteiger partial charge on any atom is 0.264 e. The van der Waals surface area contributed by atoms with Gasteiger partial charge in [0.1, 0.15) is 12.6 Å². The number of sulfonamides is 1. The lowest BCUT2D eigenvalue weighted by molar-refractivity contribution is -0.139. The summed E-state index contributed by atoms with van der Waals surface area (Å²) >= 11 is 0. The van der Waals surface area contributed by atoms with Crippen LogP contribution >= 0.6 is 0 Å². The molecule has 35 heavy (non-hydrogen) atoms. The third-order valence-electron chi connectivity index (χ3n) is 5.65. The summed E-state index contributed by atoms with van der Waals surface area (Å²) in [5.74, 6) is -0.780. The molecule has 3 aromatic carbocycles. The molecule has 184 valence electrons. The third-order valence-corrected chi connectivity index (χ3v) is 7.43. The van der Waals surface area contributed by atoms with E-state index >= 15 is 0 Å². The minimum atomic E-state index is -4.04. The zero-order chi connectivity index (χ0) is 25.4. The number of aryl methyl sites for hydroxylation is 1. The molecule has 3 rings (SSSR count). The van der Waals surface area contributed by atoms with E-state index in [1.54, 1.807) is 56.3 Å². The molecule has 0 aliphatic heterocycles. The van der Waals surface area contributed by atoms with Crippen molar-refractivity contribution in [2.75, 3.05) is 17.4 Å². The Balaban J connectivity index is 2.00. The van der Waals surface area contributed by atoms with E-state index in [4.69, 9.17) is 0 Å². The lowest BCUT2D eigenvalue weighted by atomic mass is 10.1. The van der Waals surface area contributed by atoms with Crippen molar-refractivity contribution in [1.82, 2.24) is 10.2 Å². The van der Waals surface area contributed by atoms with Crippen molar-refractivity contribution in [2.45, 2.75) is 38.3 Å². The SMILES string of the molecule is CCNC(=O)C(C)N(Cc1ccccc1)C(=O)CN(c1ccc(C)cc1)S(=O)(=O)c1ccccc1. The number of hydrogen-bond acceptors (Lipinski definition) is 4. The van der Waals surface area contributed by atoms with Gasteiger partial charge in [-0.2, -0.15) is 0 Å². The van der Waals surface area contributed by atoms with Crippen LogP contribution in [0, 0.1) is 6.92 Å². The minimum absolute atomic E-state index is 0.0831. The first-order valence-electron chi connectivity index (χ1n) is 11.5. The van der Waals surface area contributed by atoms with Gasteiger partial charge in [-0.3, -0.25) is 13.9 Å². The van der Waals surface area contributed by atoms with Gasteiger partial charge in [-0.25, -0.2) is 8.42 Å². The van der Waals surface area contributed by atoms with Gasteiger partial charge in [0.2, 0.25) is 11.8 Å². The van der Waals surface area contributed by atoms with Crippen LogP contribution in [0.1, 0.15) is 25.0 Å². The number of carbonyl (C=O) groups excluding carboxylic acids is 2. The summed E-state index contributed by atoms with van der Waals surface area (Å²) in [5.41, 5.74) is 2.18. The summed E-state index contributed by atoms with van der Waals surface area (Å²) < 4.78 is 28.3. The molecule has 0 saturated carbocycles. The van der Waals surface area contributed by atoms with Gasteiger partial charge in [-0.1, -0.05) is 66.2 Å². The number of nitrogens with zero attached hydrogens (tertiary/aromatic N) is 2. The number of anilines is 1. The van der Waals surface area contributed by atoms with Gasteiger partial charge in [-0.05, 0) is 50.6 Å². The maximum absolute atomic E-state index is 13.7. The Kier molecular flexibility index (Phi) is 8.65. The van der Waals surface area contributed by atoms with Crippen molar-refractivity contribution in [3.05, 3.63) is 96.1 Å². The van der Waals surface area contributed by atoms with Crippen molar-refractivity contribution < 1.29 is 18.0 Å². The molecule has 3 aromatic rings. The summed E-state index contributed by atoms with van der Waals surface area (Å²) in [6.07, 6.45) is 0. The minimum Gasteiger partial charge on any atom is -0.355 e. The Bertz CT molecular complexity index is 1230. The van der Waals surface area contributed by atoms with E-state index in [1.165, 1.54) is 17.0 Å². The summed E-state index contributed by atoms with van der Waals surface area (Å²) in [6.45, 7) is 5.50. The van der Waals surface area contributed by atoms with E-state index in [0.29, 0.717) is 12.2 Å². The highest BCUT2D eigenvalue weighted by molar-refractivity contribution is 7.92. The highest BCUT2D eigenvalue weighted by Gasteiger charge is 2.32. The molecule has 0 spiro atoms. The monoisotopic (exact) mass is 493 g/mol. The predicted octanol–water partition coefficient (Wildman–Crippen LogP) is 3.74. The Morgan fingerprint density at radius 3 is 2.03 bits per heavy atom. The number of hydrogen-bond donors (Lipinski definition) is 1. The second-order valence-electron chi connectivity index (χ2n) is 8.24. The first-order chi connectivity index (χ1) is 16.7. The Morgan fingerprint density at radius 2 is 1.46 bits per heavy atom. The van der Waals surface area contributed by atoms with Crippen LogP contribution in [0.4, 0.5) is 5.69 Å². The molecule has 7 nitrogen and oxygen atoms in total. The molecule has 0 aliphatic carbocycles. The van der Waals surface area contributed by atoms with Crippen LogP contribution in [0.15, 0.2) is 89.8 Å². The van der Waals surface area contributed by atoms with Gasteiger partial charge in [0.15, 0.2) is 0 Å². The number of amides is 2. The quantitative estimate of drug-likeness (QED) is 0.466. The van der Waals surface area contributed by atoms with Gasteiger partial charge >= 0.3 is 0 Å². The Labute approximate surface area is 207 Å². The van der Waals surface area contributed by atoms with Crippen LogP contribution in [0.3, 0.4) is 0 Å². The zero-order valence-corrected chi connectivity index (χ0v) is 21.0. The van der Waals surface area contributed by atoms with Gasteiger partial charge in [0, 0.05) is 13.1 Å². The van der Waals surface area contributed by atoms with Gasteiger partial charge < -0.3 is 10.2 Å². The molecule has 1 N–H and O–H groups in total. The molecule has 0 saturated heterocycles. The zero-order valence-electron chi connectivity index (χ0n) is 20.2. The molecule has 0 aliphatic rings. The van der Waals surface area contributed by atoms with E-state index in [2.05, 4.69) is 5.32 Å².